The van der Waals surface area contributed by atoms with Crippen LogP contribution in [0.1, 0.15) is 32.6 Å². The van der Waals surface area contributed by atoms with Gasteiger partial charge in [-0.05, 0) is 56.2 Å². The van der Waals surface area contributed by atoms with Gasteiger partial charge in [0.15, 0.2) is 10.6 Å². The Hall–Kier alpha value is -2.23. The average molecular weight is 473 g/mol. The van der Waals surface area contributed by atoms with Gasteiger partial charge in [-0.2, -0.15) is 5.10 Å². The van der Waals surface area contributed by atoms with Gasteiger partial charge in [-0.15, -0.1) is 0 Å². The van der Waals surface area contributed by atoms with E-state index in [0.717, 1.165) is 80.6 Å². The molecule has 0 aliphatic carbocycles. The molecule has 2 saturated heterocycles. The van der Waals surface area contributed by atoms with E-state index in [1.807, 2.05) is 28.9 Å². The van der Waals surface area contributed by atoms with E-state index in [1.54, 1.807) is 7.11 Å². The van der Waals surface area contributed by atoms with Crippen LogP contribution in [0.25, 0.3) is 11.4 Å². The van der Waals surface area contributed by atoms with Crippen LogP contribution in [-0.4, -0.2) is 87.9 Å². The van der Waals surface area contributed by atoms with Crippen LogP contribution < -0.4 is 4.74 Å². The van der Waals surface area contributed by atoms with E-state index >= 15 is 0 Å². The number of carbonyl (C=O) groups is 1. The van der Waals surface area contributed by atoms with Gasteiger partial charge in [-0.25, -0.2) is 4.68 Å². The lowest BCUT2D eigenvalue weighted by Gasteiger charge is -2.35. The number of rotatable bonds is 7. The number of likely N-dealkylation sites (tertiary alicyclic amines) is 1. The van der Waals surface area contributed by atoms with Gasteiger partial charge in [0.1, 0.15) is 5.75 Å². The number of benzene rings is 1. The van der Waals surface area contributed by atoms with Crippen molar-refractivity contribution in [2.75, 3.05) is 52.9 Å². The fourth-order valence-electron chi connectivity index (χ4n) is 4.66. The molecule has 1 aromatic carbocycles. The molecule has 2 fully saturated rings. The second kappa shape index (κ2) is 11.3. The molecule has 180 valence electrons. The first-order valence-electron chi connectivity index (χ1n) is 12.1. The Balaban J connectivity index is 1.35. The lowest BCUT2D eigenvalue weighted by atomic mass is 10.2. The van der Waals surface area contributed by atoms with Crippen molar-refractivity contribution >= 4 is 18.1 Å². The molecule has 0 unspecified atom stereocenters. The molecule has 2 aromatic rings. The van der Waals surface area contributed by atoms with Crippen LogP contribution in [0.2, 0.25) is 0 Å². The normalized spacial score (nSPS) is 18.3. The second-order valence-corrected chi connectivity index (χ2v) is 9.27. The third-order valence-corrected chi connectivity index (χ3v) is 7.13. The highest BCUT2D eigenvalue weighted by atomic mass is 32.1. The predicted octanol–water partition coefficient (Wildman–Crippen LogP) is 3.09. The molecule has 8 nitrogen and oxygen atoms in total. The van der Waals surface area contributed by atoms with Gasteiger partial charge in [0.05, 0.1) is 20.3 Å². The highest BCUT2D eigenvalue weighted by molar-refractivity contribution is 7.71. The Morgan fingerprint density at radius 2 is 1.61 bits per heavy atom. The van der Waals surface area contributed by atoms with Crippen molar-refractivity contribution in [2.24, 2.45) is 0 Å². The van der Waals surface area contributed by atoms with E-state index in [4.69, 9.17) is 22.1 Å². The number of nitrogens with zero attached hydrogens (tertiary/aromatic N) is 6. The monoisotopic (exact) mass is 472 g/mol. The molecular formula is C24H36N6O2S. The Morgan fingerprint density at radius 1 is 0.970 bits per heavy atom. The summed E-state index contributed by atoms with van der Waals surface area (Å²) in [5.41, 5.74) is 1.03. The molecule has 9 heteroatoms. The van der Waals surface area contributed by atoms with Crippen LogP contribution in [-0.2, 0) is 18.0 Å². The fourth-order valence-corrected chi connectivity index (χ4v) is 4.98. The second-order valence-electron chi connectivity index (χ2n) is 8.91. The van der Waals surface area contributed by atoms with Gasteiger partial charge in [-0.3, -0.25) is 14.6 Å². The first kappa shape index (κ1) is 23.9. The summed E-state index contributed by atoms with van der Waals surface area (Å²) in [6.07, 6.45) is 4.78. The highest BCUT2D eigenvalue weighted by Gasteiger charge is 2.23. The molecule has 2 aliphatic heterocycles. The topological polar surface area (TPSA) is 58.8 Å². The molecule has 33 heavy (non-hydrogen) atoms. The molecule has 0 spiro atoms. The summed E-state index contributed by atoms with van der Waals surface area (Å²) >= 11 is 5.74. The molecule has 0 bridgehead atoms. The fraction of sp³-hybridized carbons (Fsp3) is 0.625. The molecule has 0 N–H and O–H groups in total. The van der Waals surface area contributed by atoms with Gasteiger partial charge in [0, 0.05) is 51.4 Å². The minimum Gasteiger partial charge on any atom is -0.497 e. The number of ether oxygens (including phenoxy) is 1. The summed E-state index contributed by atoms with van der Waals surface area (Å²) in [6.45, 7) is 9.53. The number of hydrogen-bond acceptors (Lipinski definition) is 6. The van der Waals surface area contributed by atoms with E-state index in [1.165, 1.54) is 12.8 Å². The lowest BCUT2D eigenvalue weighted by molar-refractivity contribution is -0.132. The minimum absolute atomic E-state index is 0.290. The summed E-state index contributed by atoms with van der Waals surface area (Å²) in [4.78, 5) is 19.4. The zero-order valence-electron chi connectivity index (χ0n) is 19.9. The Kier molecular flexibility index (Phi) is 8.16. The number of amides is 1. The van der Waals surface area contributed by atoms with Crippen molar-refractivity contribution in [3.05, 3.63) is 29.0 Å². The molecule has 1 amide bonds. The van der Waals surface area contributed by atoms with Crippen LogP contribution >= 0.6 is 12.2 Å². The molecule has 4 rings (SSSR count). The third-order valence-electron chi connectivity index (χ3n) is 6.70. The van der Waals surface area contributed by atoms with E-state index in [0.29, 0.717) is 19.1 Å². The summed E-state index contributed by atoms with van der Waals surface area (Å²) in [6, 6.07) is 7.94. The molecule has 0 saturated carbocycles. The van der Waals surface area contributed by atoms with Crippen LogP contribution in [0.4, 0.5) is 0 Å². The van der Waals surface area contributed by atoms with Crippen molar-refractivity contribution in [3.63, 3.8) is 0 Å². The van der Waals surface area contributed by atoms with Crippen molar-refractivity contribution in [1.82, 2.24) is 29.0 Å². The highest BCUT2D eigenvalue weighted by Crippen LogP contribution is 2.22. The SMILES string of the molecule is CCn1c(-c2ccc(OC)cc2)nn(CN2CCN(CC(=O)N3CCCCCC3)CC2)c1=S. The quantitative estimate of drug-likeness (QED) is 0.577. The Bertz CT molecular complexity index is 970. The maximum Gasteiger partial charge on any atom is 0.236 e. The van der Waals surface area contributed by atoms with Crippen LogP contribution in [0.5, 0.6) is 5.75 Å². The van der Waals surface area contributed by atoms with Gasteiger partial charge in [0.25, 0.3) is 0 Å². The van der Waals surface area contributed by atoms with Crippen LogP contribution in [0, 0.1) is 4.77 Å². The van der Waals surface area contributed by atoms with Gasteiger partial charge < -0.3 is 14.2 Å². The molecular weight excluding hydrogens is 436 g/mol. The molecule has 3 heterocycles. The smallest absolute Gasteiger partial charge is 0.236 e. The standard InChI is InChI=1S/C24H36N6O2S/c1-3-29-23(20-8-10-21(32-2)11-9-20)25-30(24(29)33)19-27-16-14-26(15-17-27)18-22(31)28-12-6-4-5-7-13-28/h8-11H,3-7,12-19H2,1-2H3. The predicted molar refractivity (Wildman–Crippen MR) is 132 cm³/mol. The summed E-state index contributed by atoms with van der Waals surface area (Å²) in [7, 11) is 1.67. The van der Waals surface area contributed by atoms with E-state index in [-0.39, 0.29) is 0 Å². The Morgan fingerprint density at radius 3 is 2.21 bits per heavy atom. The number of hydrogen-bond donors (Lipinski definition) is 0. The van der Waals surface area contributed by atoms with Gasteiger partial charge in [-0.1, -0.05) is 12.8 Å². The number of piperazine rings is 1. The largest absolute Gasteiger partial charge is 0.497 e. The lowest BCUT2D eigenvalue weighted by Crippen LogP contribution is -2.50. The van der Waals surface area contributed by atoms with Crippen molar-refractivity contribution < 1.29 is 9.53 Å². The molecule has 0 radical (unpaired) electrons. The van der Waals surface area contributed by atoms with E-state index < -0.39 is 0 Å². The number of carbonyl (C=O) groups excluding carboxylic acids is 1. The van der Waals surface area contributed by atoms with Crippen LogP contribution in [0.15, 0.2) is 24.3 Å². The molecule has 2 aliphatic rings. The minimum atomic E-state index is 0.290. The van der Waals surface area contributed by atoms with Crippen molar-refractivity contribution in [1.29, 1.82) is 0 Å². The number of aromatic nitrogens is 3. The van der Waals surface area contributed by atoms with Crippen LogP contribution in [0.3, 0.4) is 0 Å². The summed E-state index contributed by atoms with van der Waals surface area (Å²) < 4.78 is 10.0. The zero-order chi connectivity index (χ0) is 23.2. The Labute approximate surface area is 201 Å². The first-order chi connectivity index (χ1) is 16.1. The van der Waals surface area contributed by atoms with E-state index in [9.17, 15) is 4.79 Å². The number of methoxy groups -OCH3 is 1. The summed E-state index contributed by atoms with van der Waals surface area (Å²) in [5, 5.41) is 4.86. The third kappa shape index (κ3) is 5.83. The average Bonchev–Trinajstić information content (AvgIpc) is 3.00. The van der Waals surface area contributed by atoms with Crippen molar-refractivity contribution in [2.45, 2.75) is 45.8 Å². The zero-order valence-corrected chi connectivity index (χ0v) is 20.7. The van der Waals surface area contributed by atoms with Crippen molar-refractivity contribution in [3.8, 4) is 17.1 Å². The van der Waals surface area contributed by atoms with E-state index in [2.05, 4.69) is 26.2 Å². The van der Waals surface area contributed by atoms with Gasteiger partial charge >= 0.3 is 0 Å². The molecule has 1 aromatic heterocycles. The molecule has 0 atom stereocenters. The summed E-state index contributed by atoms with van der Waals surface area (Å²) in [5.74, 6) is 2.00. The van der Waals surface area contributed by atoms with Gasteiger partial charge in [0.2, 0.25) is 5.91 Å². The maximum absolute atomic E-state index is 12.7. The maximum atomic E-state index is 12.7. The first-order valence-corrected chi connectivity index (χ1v) is 12.5.